The zero-order valence-electron chi connectivity index (χ0n) is 9.46. The van der Waals surface area contributed by atoms with E-state index >= 15 is 0 Å². The highest BCUT2D eigenvalue weighted by Crippen LogP contribution is 2.25. The van der Waals surface area contributed by atoms with Crippen LogP contribution in [0.4, 0.5) is 0 Å². The molecule has 0 saturated heterocycles. The van der Waals surface area contributed by atoms with Crippen molar-refractivity contribution in [2.45, 2.75) is 39.3 Å². The quantitative estimate of drug-likeness (QED) is 0.670. The molecule has 0 bridgehead atoms. The summed E-state index contributed by atoms with van der Waals surface area (Å²) < 4.78 is 0. The summed E-state index contributed by atoms with van der Waals surface area (Å²) in [5.41, 5.74) is 15.0. The molecule has 0 aromatic heterocycles. The predicted molar refractivity (Wildman–Crippen MR) is 61.0 cm³/mol. The second-order valence-corrected chi connectivity index (χ2v) is 4.85. The minimum atomic E-state index is -0.371. The maximum atomic E-state index is 5.65. The van der Waals surface area contributed by atoms with Gasteiger partial charge in [0.25, 0.3) is 0 Å². The Morgan fingerprint density at radius 3 is 2.07 bits per heavy atom. The van der Waals surface area contributed by atoms with Crippen molar-refractivity contribution in [3.05, 3.63) is 34.9 Å². The molecule has 78 valence electrons. The molecule has 0 aliphatic heterocycles. The van der Waals surface area contributed by atoms with E-state index < -0.39 is 0 Å². The molecule has 0 heterocycles. The molecule has 0 unspecified atom stereocenters. The molecular weight excluding hydrogens is 172 g/mol. The lowest BCUT2D eigenvalue weighted by atomic mass is 9.85. The Morgan fingerprint density at radius 2 is 1.71 bits per heavy atom. The van der Waals surface area contributed by atoms with Crippen LogP contribution in [0.3, 0.4) is 0 Å². The molecule has 2 nitrogen and oxygen atoms in total. The Morgan fingerprint density at radius 1 is 1.14 bits per heavy atom. The Labute approximate surface area is 86.3 Å². The Balaban J connectivity index is 3.13. The lowest BCUT2D eigenvalue weighted by molar-refractivity contribution is 0.588. The molecule has 1 aromatic rings. The number of hydrogen-bond acceptors (Lipinski definition) is 2. The highest BCUT2D eigenvalue weighted by atomic mass is 14.8. The van der Waals surface area contributed by atoms with Crippen molar-refractivity contribution in [2.24, 2.45) is 11.5 Å². The van der Waals surface area contributed by atoms with Crippen LogP contribution in [-0.2, 0) is 5.41 Å². The van der Waals surface area contributed by atoms with Crippen LogP contribution < -0.4 is 11.5 Å². The minimum Gasteiger partial charge on any atom is -0.312 e. The number of aryl methyl sites for hydroxylation is 1. The third-order valence-electron chi connectivity index (χ3n) is 2.49. The first-order chi connectivity index (χ1) is 6.32. The summed E-state index contributed by atoms with van der Waals surface area (Å²) >= 11 is 0. The molecule has 0 spiro atoms. The first-order valence-electron chi connectivity index (χ1n) is 4.94. The maximum Gasteiger partial charge on any atom is 0.0787 e. The van der Waals surface area contributed by atoms with Crippen molar-refractivity contribution in [1.82, 2.24) is 0 Å². The molecule has 0 aliphatic rings. The van der Waals surface area contributed by atoms with E-state index in [1.807, 2.05) is 6.07 Å². The second-order valence-electron chi connectivity index (χ2n) is 4.85. The van der Waals surface area contributed by atoms with Gasteiger partial charge in [-0.1, -0.05) is 39.0 Å². The number of hydrogen-bond donors (Lipinski definition) is 2. The van der Waals surface area contributed by atoms with Gasteiger partial charge in [-0.3, -0.25) is 0 Å². The fraction of sp³-hybridized carbons (Fsp3) is 0.500. The van der Waals surface area contributed by atoms with Crippen molar-refractivity contribution in [1.29, 1.82) is 0 Å². The van der Waals surface area contributed by atoms with E-state index in [-0.39, 0.29) is 11.6 Å². The molecule has 0 saturated carbocycles. The van der Waals surface area contributed by atoms with Gasteiger partial charge in [0.1, 0.15) is 0 Å². The highest BCUT2D eigenvalue weighted by Gasteiger charge is 2.14. The van der Waals surface area contributed by atoms with E-state index in [9.17, 15) is 0 Å². The molecule has 4 N–H and O–H groups in total. The van der Waals surface area contributed by atoms with Crippen LogP contribution in [-0.4, -0.2) is 0 Å². The largest absolute Gasteiger partial charge is 0.312 e. The minimum absolute atomic E-state index is 0.183. The highest BCUT2D eigenvalue weighted by molar-refractivity contribution is 5.35. The van der Waals surface area contributed by atoms with Crippen molar-refractivity contribution >= 4 is 0 Å². The van der Waals surface area contributed by atoms with Crippen LogP contribution in [0.1, 0.15) is 43.6 Å². The third-order valence-corrected chi connectivity index (χ3v) is 2.49. The topological polar surface area (TPSA) is 52.0 Å². The van der Waals surface area contributed by atoms with Gasteiger partial charge in [-0.25, -0.2) is 0 Å². The monoisotopic (exact) mass is 192 g/mol. The zero-order valence-corrected chi connectivity index (χ0v) is 9.46. The van der Waals surface area contributed by atoms with E-state index in [1.54, 1.807) is 0 Å². The normalized spacial score (nSPS) is 12.2. The third kappa shape index (κ3) is 2.34. The summed E-state index contributed by atoms with van der Waals surface area (Å²) in [4.78, 5) is 0. The van der Waals surface area contributed by atoms with Crippen molar-refractivity contribution < 1.29 is 0 Å². The van der Waals surface area contributed by atoms with Crippen molar-refractivity contribution in [3.63, 3.8) is 0 Å². The van der Waals surface area contributed by atoms with Gasteiger partial charge in [0.2, 0.25) is 0 Å². The summed E-state index contributed by atoms with van der Waals surface area (Å²) in [6.45, 7) is 8.65. The smallest absolute Gasteiger partial charge is 0.0787 e. The van der Waals surface area contributed by atoms with Crippen molar-refractivity contribution in [3.8, 4) is 0 Å². The van der Waals surface area contributed by atoms with Gasteiger partial charge < -0.3 is 11.5 Å². The van der Waals surface area contributed by atoms with Crippen LogP contribution in [0.15, 0.2) is 18.2 Å². The molecule has 0 aliphatic carbocycles. The standard InChI is InChI=1S/C12H20N2/c1-8-7-9(12(2,3)4)5-6-10(8)11(13)14/h5-7,11H,13-14H2,1-4H3. The van der Waals surface area contributed by atoms with Gasteiger partial charge in [0.05, 0.1) is 6.17 Å². The predicted octanol–water partition coefficient (Wildman–Crippen LogP) is 2.21. The number of rotatable bonds is 1. The van der Waals surface area contributed by atoms with Crippen molar-refractivity contribution in [2.75, 3.05) is 0 Å². The second kappa shape index (κ2) is 3.71. The Bertz CT molecular complexity index is 322. The molecule has 0 amide bonds. The molecule has 0 fully saturated rings. The fourth-order valence-corrected chi connectivity index (χ4v) is 1.52. The Kier molecular flexibility index (Phi) is 2.98. The molecule has 1 rings (SSSR count). The van der Waals surface area contributed by atoms with Crippen LogP contribution >= 0.6 is 0 Å². The molecule has 0 atom stereocenters. The van der Waals surface area contributed by atoms with E-state index in [0.29, 0.717) is 0 Å². The molecular formula is C12H20N2. The first-order valence-corrected chi connectivity index (χ1v) is 4.94. The van der Waals surface area contributed by atoms with Gasteiger partial charge in [-0.2, -0.15) is 0 Å². The van der Waals surface area contributed by atoms with E-state index in [0.717, 1.165) is 5.56 Å². The van der Waals surface area contributed by atoms with Gasteiger partial charge in [-0.15, -0.1) is 0 Å². The van der Waals surface area contributed by atoms with Gasteiger partial charge in [0.15, 0.2) is 0 Å². The van der Waals surface area contributed by atoms with Gasteiger partial charge >= 0.3 is 0 Å². The van der Waals surface area contributed by atoms with Gasteiger partial charge in [-0.05, 0) is 29.0 Å². The summed E-state index contributed by atoms with van der Waals surface area (Å²) in [6, 6.07) is 6.30. The van der Waals surface area contributed by atoms with Gasteiger partial charge in [0, 0.05) is 0 Å². The first kappa shape index (κ1) is 11.2. The zero-order chi connectivity index (χ0) is 10.9. The lowest BCUT2D eigenvalue weighted by Crippen LogP contribution is -2.21. The SMILES string of the molecule is Cc1cc(C(C)(C)C)ccc1C(N)N. The average Bonchev–Trinajstić information content (AvgIpc) is 2.01. The molecule has 0 radical (unpaired) electrons. The van der Waals surface area contributed by atoms with Crippen LogP contribution in [0, 0.1) is 6.92 Å². The average molecular weight is 192 g/mol. The summed E-state index contributed by atoms with van der Waals surface area (Å²) in [5, 5.41) is 0. The summed E-state index contributed by atoms with van der Waals surface area (Å²) in [7, 11) is 0. The molecule has 2 heteroatoms. The lowest BCUT2D eigenvalue weighted by Gasteiger charge is -2.21. The molecule has 1 aromatic carbocycles. The van der Waals surface area contributed by atoms with E-state index in [2.05, 4.69) is 39.8 Å². The summed E-state index contributed by atoms with van der Waals surface area (Å²) in [5.74, 6) is 0. The summed E-state index contributed by atoms with van der Waals surface area (Å²) in [6.07, 6.45) is -0.371. The van der Waals surface area contributed by atoms with E-state index in [1.165, 1.54) is 11.1 Å². The maximum absolute atomic E-state index is 5.65. The number of nitrogens with two attached hydrogens (primary N) is 2. The van der Waals surface area contributed by atoms with Crippen LogP contribution in [0.25, 0.3) is 0 Å². The van der Waals surface area contributed by atoms with E-state index in [4.69, 9.17) is 11.5 Å². The van der Waals surface area contributed by atoms with Crippen LogP contribution in [0.2, 0.25) is 0 Å². The number of benzene rings is 1. The Hall–Kier alpha value is -0.860. The van der Waals surface area contributed by atoms with Crippen LogP contribution in [0.5, 0.6) is 0 Å². The molecule has 14 heavy (non-hydrogen) atoms. The fourth-order valence-electron chi connectivity index (χ4n) is 1.52.